The van der Waals surface area contributed by atoms with Gasteiger partial charge in [-0.15, -0.1) is 11.8 Å². The molecule has 45 nitrogen and oxygen atoms in total. The van der Waals surface area contributed by atoms with Crippen LogP contribution in [0.5, 0.6) is 5.75 Å². The van der Waals surface area contributed by atoms with Crippen molar-refractivity contribution in [3.63, 3.8) is 0 Å². The van der Waals surface area contributed by atoms with Crippen molar-refractivity contribution in [2.24, 2.45) is 23.1 Å². The number of thioether (sulfide) groups is 1. The van der Waals surface area contributed by atoms with Crippen molar-refractivity contribution < 1.29 is 127 Å². The molecule has 16 amide bonds. The first kappa shape index (κ1) is 107. The molecule has 742 valence electrons. The van der Waals surface area contributed by atoms with Crippen LogP contribution in [0, 0.1) is 5.92 Å². The Kier molecular flexibility index (Phi) is 39.5. The van der Waals surface area contributed by atoms with Crippen LogP contribution in [-0.4, -0.2) is 333 Å². The number of likely N-dealkylation sites (N-methyl/N-ethyl adjacent to an activating group) is 3. The number of ketones is 1. The minimum absolute atomic E-state index is 0.0959. The van der Waals surface area contributed by atoms with Crippen LogP contribution < -0.4 is 65.1 Å². The zero-order chi connectivity index (χ0) is 100. The van der Waals surface area contributed by atoms with Gasteiger partial charge in [0.05, 0.1) is 37.5 Å². The van der Waals surface area contributed by atoms with Crippen LogP contribution in [0.1, 0.15) is 133 Å². The smallest absolute Gasteiger partial charge is 0.323 e. The van der Waals surface area contributed by atoms with Crippen LogP contribution in [-0.2, 0) is 122 Å². The molecule has 6 heterocycles. The first-order valence-corrected chi connectivity index (χ1v) is 46.3. The van der Waals surface area contributed by atoms with E-state index in [-0.39, 0.29) is 69.2 Å². The van der Waals surface area contributed by atoms with Crippen molar-refractivity contribution in [2.45, 2.75) is 227 Å². The van der Waals surface area contributed by atoms with Crippen LogP contribution in [0.15, 0.2) is 97.3 Å². The molecule has 3 saturated heterocycles. The van der Waals surface area contributed by atoms with Crippen molar-refractivity contribution in [3.05, 3.63) is 114 Å². The number of nitrogens with one attached hydrogen (secondary N) is 10. The number of nitrogens with two attached hydrogens (primary N) is 3. The van der Waals surface area contributed by atoms with Gasteiger partial charge in [-0.25, -0.2) is 0 Å². The number of carboxylic acid groups (broad SMARTS) is 3. The number of nitrogens with zero attached hydrogens (tertiary/aromatic N) is 6. The molecule has 4 aliphatic rings. The van der Waals surface area contributed by atoms with E-state index >= 15 is 33.6 Å². The van der Waals surface area contributed by atoms with Crippen molar-refractivity contribution in [1.82, 2.24) is 81.9 Å². The summed E-state index contributed by atoms with van der Waals surface area (Å²) in [7, 11) is 3.66. The number of aliphatic hydroxyl groups is 2. The van der Waals surface area contributed by atoms with E-state index in [1.807, 2.05) is 12.2 Å². The summed E-state index contributed by atoms with van der Waals surface area (Å²) < 4.78 is 1.38. The van der Waals surface area contributed by atoms with Gasteiger partial charge in [0.15, 0.2) is 5.78 Å². The second kappa shape index (κ2) is 50.6. The van der Waals surface area contributed by atoms with Gasteiger partial charge in [0, 0.05) is 125 Å². The van der Waals surface area contributed by atoms with E-state index in [1.54, 1.807) is 54.7 Å². The minimum atomic E-state index is -1.99. The summed E-state index contributed by atoms with van der Waals surface area (Å²) in [5.41, 5.74) is 19.1. The standard InChI is InChI=1S/C91H121N19O26S/c1-49-79(124)100-63(39-77(120)121)90(135)109-33-17-24-69(109)86(131)102-64(40-92)83(128)99-60(29-31-73(93)115)89(134)110-44-55(113)38-71(110)72(114)37-51(35-52-41-95-58-20-15-13-18-56(52)58)80(125)103-65(46-111)84(129)101-62(36-53-43-108(45-78(122)123)67-21-16-14-19-57(53)67)88(133)107(4)70-23-12-10-8-6-5-7-9-11-22-68(106(3)91(70)136)85(130)98-59(30-32-76(118)119)82(127)104-66(81(126)96-42-74(94)116)47-137-48-75(117)97-61(87(132)105(49)2)34-50-25-27-54(112)28-26-50/h5-6,13-16,18-21,25-28,41,43,49,51,55,59-66,68-71,95,111-113H,7-12,17,22-24,29-40,42,44-48,92H2,1-4H3,(H2,93,115)(H2,94,116)(H,96,126)(H,97,117)(H,98,130)(H,99,128)(H,100,124)(H,101,129)(H,102,131)(H,103,125)(H,104,127)(H,118,119)(H,120,121)(H,122,123)/b6-5-/t49-,51+,55+,59-,60-,61-,62-,63-,64-,65-,66-,68-,69-,70-,71-/m0/s1. The zero-order valence-corrected chi connectivity index (χ0v) is 77.2. The van der Waals surface area contributed by atoms with Gasteiger partial charge in [-0.3, -0.25) is 95.9 Å². The summed E-state index contributed by atoms with van der Waals surface area (Å²) in [6.45, 7) is -2.88. The molecule has 0 unspecified atom stereocenters. The van der Waals surface area contributed by atoms with Crippen molar-refractivity contribution in [1.29, 1.82) is 0 Å². The van der Waals surface area contributed by atoms with E-state index in [0.29, 0.717) is 70.4 Å². The summed E-state index contributed by atoms with van der Waals surface area (Å²) in [6.07, 6.45) is 1.48. The summed E-state index contributed by atoms with van der Waals surface area (Å²) in [5.74, 6) is -25.0. The molecule has 46 heteroatoms. The fourth-order valence-electron chi connectivity index (χ4n) is 17.1. The Morgan fingerprint density at radius 2 is 1.10 bits per heavy atom. The maximum atomic E-state index is 16.0. The predicted molar refractivity (Wildman–Crippen MR) is 491 cm³/mol. The lowest BCUT2D eigenvalue weighted by Gasteiger charge is -2.36. The maximum absolute atomic E-state index is 16.0. The van der Waals surface area contributed by atoms with Crippen molar-refractivity contribution in [3.8, 4) is 5.75 Å². The number of aromatic hydroxyl groups is 1. The first-order valence-electron chi connectivity index (χ1n) is 45.1. The number of benzene rings is 3. The number of carbonyl (C=O) groups is 20. The largest absolute Gasteiger partial charge is 0.508 e. The Hall–Kier alpha value is -13.9. The fraction of sp³-hybridized carbons (Fsp3) is 0.516. The number of aromatic nitrogens is 2. The number of hydrogen-bond donors (Lipinski definition) is 19. The van der Waals surface area contributed by atoms with Gasteiger partial charge in [-0.05, 0) is 119 Å². The number of rotatable bonds is 21. The number of fused-ring (bicyclic) bond motifs is 7. The van der Waals surface area contributed by atoms with Gasteiger partial charge >= 0.3 is 17.9 Å². The number of hydrogen-bond acceptors (Lipinski definition) is 25. The molecule has 2 aromatic heterocycles. The third kappa shape index (κ3) is 29.8. The first-order chi connectivity index (χ1) is 65.2. The summed E-state index contributed by atoms with van der Waals surface area (Å²) in [4.78, 5) is 294. The van der Waals surface area contributed by atoms with Crippen LogP contribution in [0.3, 0.4) is 0 Å². The molecular weight excluding hydrogens is 1810 g/mol. The number of carboxylic acids is 3. The second-order valence-electron chi connectivity index (χ2n) is 34.6. The Labute approximate surface area is 791 Å². The molecule has 0 spiro atoms. The van der Waals surface area contributed by atoms with E-state index in [2.05, 4.69) is 52.8 Å². The molecule has 15 atom stereocenters. The third-order valence-electron chi connectivity index (χ3n) is 24.7. The number of allylic oxidation sites excluding steroid dienone is 2. The highest BCUT2D eigenvalue weighted by molar-refractivity contribution is 8.00. The maximum Gasteiger partial charge on any atom is 0.323 e. The van der Waals surface area contributed by atoms with Gasteiger partial charge in [0.25, 0.3) is 0 Å². The number of aromatic amines is 1. The fourth-order valence-corrected chi connectivity index (χ4v) is 18.0. The minimum Gasteiger partial charge on any atom is -0.508 e. The Morgan fingerprint density at radius 1 is 0.526 bits per heavy atom. The number of para-hydroxylation sites is 2. The second-order valence-corrected chi connectivity index (χ2v) is 35.6. The number of carbonyl (C=O) groups excluding carboxylic acids is 17. The lowest BCUT2D eigenvalue weighted by Crippen LogP contribution is -2.61. The Balaban J connectivity index is 1.11. The molecule has 137 heavy (non-hydrogen) atoms. The number of Topliss-reactive ketones (excluding diaryl/α,β-unsaturated/α-hetero) is 1. The van der Waals surface area contributed by atoms with Gasteiger partial charge in [-0.1, -0.05) is 73.5 Å². The monoisotopic (exact) mass is 1930 g/mol. The van der Waals surface area contributed by atoms with E-state index in [1.165, 1.54) is 56.0 Å². The number of phenolic OH excluding ortho intramolecular Hbond substituents is 1. The van der Waals surface area contributed by atoms with E-state index in [0.717, 1.165) is 31.5 Å². The molecule has 3 fully saturated rings. The third-order valence-corrected chi connectivity index (χ3v) is 25.7. The number of aliphatic carboxylic acids is 3. The number of phenols is 1. The van der Waals surface area contributed by atoms with Crippen molar-refractivity contribution >= 4 is 152 Å². The summed E-state index contributed by atoms with van der Waals surface area (Å²) in [6, 6.07) is -3.50. The molecule has 0 aliphatic carbocycles. The molecule has 0 radical (unpaired) electrons. The predicted octanol–water partition coefficient (Wildman–Crippen LogP) is -3.56. The van der Waals surface area contributed by atoms with Gasteiger partial charge in [-0.2, -0.15) is 0 Å². The number of H-pyrrole nitrogens is 1. The SMILES string of the molecule is C[C@H]1C(=O)N[C@@H](CC(=O)O)C(=O)N2CCC[C@H]2C(=O)N[C@@H](CN)C(=O)N[C@@H](CCC(N)=O)C(=O)N2C[C@H](O)C[C@H]2C(=O)C[C@@H](Cc2c[nH]c3ccccc23)C(=O)N[C@@H](CO)C(=O)N[C@@H](Cc2cn(CC(=O)O)c3ccccc23)C(=O)N(C)[C@H]2CCCC/C=C\CCCC[C@@H](C(=O)N[C@@H](CCC(=O)O)C(=O)N[C@H](C(=O)NCC(N)=O)CSCC(=O)N[C@@H](Cc3ccc(O)cc3)C(=O)N1C)N(C)C2=O. The van der Waals surface area contributed by atoms with Crippen molar-refractivity contribution in [2.75, 3.05) is 65.4 Å². The average molecular weight is 1930 g/mol. The number of primary amides is 2. The number of aliphatic hydroxyl groups excluding tert-OH is 2. The van der Waals surface area contributed by atoms with Gasteiger partial charge in [0.2, 0.25) is 94.5 Å². The van der Waals surface area contributed by atoms with Crippen LogP contribution in [0.4, 0.5) is 0 Å². The molecule has 3 aromatic carbocycles. The molecule has 5 aromatic rings. The van der Waals surface area contributed by atoms with Crippen LogP contribution in [0.25, 0.3) is 21.8 Å². The average Bonchev–Trinajstić information content (AvgIpc) is 1.65. The summed E-state index contributed by atoms with van der Waals surface area (Å²) >= 11 is 0.672. The Morgan fingerprint density at radius 3 is 1.76 bits per heavy atom. The zero-order valence-electron chi connectivity index (χ0n) is 76.4. The van der Waals surface area contributed by atoms with E-state index in [9.17, 15) is 93.0 Å². The highest BCUT2D eigenvalue weighted by atomic mass is 32.2. The lowest BCUT2D eigenvalue weighted by molar-refractivity contribution is -0.149. The lowest BCUT2D eigenvalue weighted by atomic mass is 9.90. The normalized spacial score (nSPS) is 25.7. The quantitative estimate of drug-likeness (QED) is 0.0316. The summed E-state index contributed by atoms with van der Waals surface area (Å²) in [5, 5.41) is 86.6. The molecular formula is C91H121N19O26S. The highest BCUT2D eigenvalue weighted by Crippen LogP contribution is 2.31. The molecule has 0 saturated carbocycles. The van der Waals surface area contributed by atoms with Gasteiger partial charge < -0.3 is 130 Å². The molecule has 22 N–H and O–H groups in total. The van der Waals surface area contributed by atoms with Crippen LogP contribution in [0.2, 0.25) is 0 Å². The van der Waals surface area contributed by atoms with Gasteiger partial charge in [0.1, 0.15) is 84.8 Å². The van der Waals surface area contributed by atoms with E-state index in [4.69, 9.17) is 17.2 Å². The highest BCUT2D eigenvalue weighted by Gasteiger charge is 2.47. The molecule has 9 rings (SSSR count). The molecule has 4 aliphatic heterocycles. The van der Waals surface area contributed by atoms with Crippen LogP contribution >= 0.6 is 11.8 Å². The van der Waals surface area contributed by atoms with E-state index < -0.39 is 304 Å². The Bertz CT molecular complexity index is 5320. The molecule has 2 bridgehead atoms. The number of amides is 16. The topological polar surface area (TPSA) is 686 Å².